The summed E-state index contributed by atoms with van der Waals surface area (Å²) in [7, 11) is 3.12. The molecule has 0 saturated heterocycles. The summed E-state index contributed by atoms with van der Waals surface area (Å²) >= 11 is 0. The fraction of sp³-hybridized carbons (Fsp3) is 0.818. The van der Waals surface area contributed by atoms with Gasteiger partial charge in [-0.3, -0.25) is 9.59 Å². The number of allylic oxidation sites excluding steroid dienone is 1. The average Bonchev–Trinajstić information content (AvgIpc) is 2.65. The SMILES string of the molecule is CCCCCC(OC)C(CC=CCCCCCCCC(=O)OC)OC(C)=O. The van der Waals surface area contributed by atoms with Gasteiger partial charge >= 0.3 is 11.9 Å². The van der Waals surface area contributed by atoms with Crippen LogP contribution < -0.4 is 0 Å². The van der Waals surface area contributed by atoms with Crippen LogP contribution in [0.25, 0.3) is 0 Å². The van der Waals surface area contributed by atoms with Crippen molar-refractivity contribution >= 4 is 11.9 Å². The molecule has 0 saturated carbocycles. The topological polar surface area (TPSA) is 61.8 Å². The average molecular weight is 385 g/mol. The summed E-state index contributed by atoms with van der Waals surface area (Å²) in [6.45, 7) is 3.63. The molecule has 0 radical (unpaired) electrons. The summed E-state index contributed by atoms with van der Waals surface area (Å²) in [4.78, 5) is 22.4. The quantitative estimate of drug-likeness (QED) is 0.192. The molecule has 2 unspecified atom stereocenters. The number of hydrogen-bond donors (Lipinski definition) is 0. The van der Waals surface area contributed by atoms with Crippen LogP contribution in [0, 0.1) is 0 Å². The second kappa shape index (κ2) is 18.0. The molecule has 0 spiro atoms. The van der Waals surface area contributed by atoms with Crippen molar-refractivity contribution in [3.8, 4) is 0 Å². The van der Waals surface area contributed by atoms with Crippen LogP contribution in [0.5, 0.6) is 0 Å². The molecule has 5 nitrogen and oxygen atoms in total. The van der Waals surface area contributed by atoms with Crippen molar-refractivity contribution in [2.75, 3.05) is 14.2 Å². The van der Waals surface area contributed by atoms with E-state index >= 15 is 0 Å². The predicted molar refractivity (Wildman–Crippen MR) is 109 cm³/mol. The Kier molecular flexibility index (Phi) is 17.1. The van der Waals surface area contributed by atoms with Gasteiger partial charge in [-0.25, -0.2) is 0 Å². The monoisotopic (exact) mass is 384 g/mol. The Labute approximate surface area is 165 Å². The molecule has 0 aromatic rings. The predicted octanol–water partition coefficient (Wildman–Crippen LogP) is 5.36. The van der Waals surface area contributed by atoms with Crippen LogP contribution in [0.4, 0.5) is 0 Å². The second-order valence-electron chi connectivity index (χ2n) is 7.01. The molecule has 5 heteroatoms. The lowest BCUT2D eigenvalue weighted by molar-refractivity contribution is -0.153. The number of carbonyl (C=O) groups is 2. The summed E-state index contributed by atoms with van der Waals surface area (Å²) in [5.74, 6) is -0.373. The van der Waals surface area contributed by atoms with E-state index in [1.165, 1.54) is 20.5 Å². The molecule has 0 rings (SSSR count). The largest absolute Gasteiger partial charge is 0.469 e. The van der Waals surface area contributed by atoms with E-state index < -0.39 is 0 Å². The Hall–Kier alpha value is -1.36. The summed E-state index contributed by atoms with van der Waals surface area (Å²) in [6.07, 6.45) is 16.0. The van der Waals surface area contributed by atoms with Crippen LogP contribution in [-0.2, 0) is 23.8 Å². The maximum atomic E-state index is 11.4. The highest BCUT2D eigenvalue weighted by Gasteiger charge is 2.22. The molecule has 0 aromatic heterocycles. The van der Waals surface area contributed by atoms with E-state index in [2.05, 4.69) is 23.8 Å². The first-order chi connectivity index (χ1) is 13.0. The first-order valence-corrected chi connectivity index (χ1v) is 10.5. The Morgan fingerprint density at radius 3 is 2.22 bits per heavy atom. The highest BCUT2D eigenvalue weighted by molar-refractivity contribution is 5.69. The molecule has 0 fully saturated rings. The molecule has 0 bridgehead atoms. The van der Waals surface area contributed by atoms with Gasteiger partial charge in [-0.15, -0.1) is 0 Å². The van der Waals surface area contributed by atoms with Gasteiger partial charge in [0.05, 0.1) is 13.2 Å². The van der Waals surface area contributed by atoms with E-state index in [0.29, 0.717) is 12.8 Å². The van der Waals surface area contributed by atoms with E-state index in [1.54, 1.807) is 7.11 Å². The smallest absolute Gasteiger partial charge is 0.305 e. The lowest BCUT2D eigenvalue weighted by atomic mass is 10.0. The summed E-state index contributed by atoms with van der Waals surface area (Å²) in [5.41, 5.74) is 0. The Morgan fingerprint density at radius 2 is 1.59 bits per heavy atom. The standard InChI is InChI=1S/C22H40O5/c1-5-6-13-16-20(25-3)21(27-19(2)23)17-14-11-9-7-8-10-12-15-18-22(24)26-4/h11,14,20-21H,5-10,12-13,15-18H2,1-4H3. The molecule has 0 N–H and O–H groups in total. The molecule has 0 aliphatic rings. The van der Waals surface area contributed by atoms with Crippen molar-refractivity contribution in [1.29, 1.82) is 0 Å². The van der Waals surface area contributed by atoms with Gasteiger partial charge in [0.2, 0.25) is 0 Å². The number of methoxy groups -OCH3 is 2. The molecule has 158 valence electrons. The fourth-order valence-corrected chi connectivity index (χ4v) is 3.05. The zero-order valence-electron chi connectivity index (χ0n) is 17.8. The van der Waals surface area contributed by atoms with E-state index in [-0.39, 0.29) is 24.1 Å². The molecular weight excluding hydrogens is 344 g/mol. The number of unbranched alkanes of at least 4 members (excludes halogenated alkanes) is 7. The lowest BCUT2D eigenvalue weighted by Gasteiger charge is -2.24. The summed E-state index contributed by atoms with van der Waals surface area (Å²) < 4.78 is 15.7. The first kappa shape index (κ1) is 25.6. The van der Waals surface area contributed by atoms with Crippen LogP contribution in [0.3, 0.4) is 0 Å². The maximum Gasteiger partial charge on any atom is 0.305 e. The lowest BCUT2D eigenvalue weighted by Crippen LogP contribution is -2.32. The van der Waals surface area contributed by atoms with E-state index in [9.17, 15) is 9.59 Å². The van der Waals surface area contributed by atoms with Gasteiger partial charge in [-0.2, -0.15) is 0 Å². The Morgan fingerprint density at radius 1 is 0.889 bits per heavy atom. The molecular formula is C22H40O5. The Balaban J connectivity index is 4.01. The first-order valence-electron chi connectivity index (χ1n) is 10.5. The van der Waals surface area contributed by atoms with Gasteiger partial charge in [0.1, 0.15) is 6.10 Å². The fourth-order valence-electron chi connectivity index (χ4n) is 3.05. The van der Waals surface area contributed by atoms with Crippen molar-refractivity contribution in [2.24, 2.45) is 0 Å². The molecule has 2 atom stereocenters. The van der Waals surface area contributed by atoms with E-state index in [0.717, 1.165) is 57.8 Å². The maximum absolute atomic E-state index is 11.4. The third-order valence-corrected chi connectivity index (χ3v) is 4.64. The number of ether oxygens (including phenoxy) is 3. The van der Waals surface area contributed by atoms with Crippen LogP contribution >= 0.6 is 0 Å². The van der Waals surface area contributed by atoms with E-state index in [4.69, 9.17) is 9.47 Å². The summed E-state index contributed by atoms with van der Waals surface area (Å²) in [6, 6.07) is 0. The highest BCUT2D eigenvalue weighted by atomic mass is 16.6. The van der Waals surface area contributed by atoms with Crippen LogP contribution in [0.1, 0.15) is 90.9 Å². The van der Waals surface area contributed by atoms with Crippen molar-refractivity contribution in [2.45, 2.75) is 103 Å². The molecule has 0 aliphatic carbocycles. The zero-order valence-corrected chi connectivity index (χ0v) is 17.8. The van der Waals surface area contributed by atoms with Crippen LogP contribution in [-0.4, -0.2) is 38.4 Å². The van der Waals surface area contributed by atoms with Crippen molar-refractivity contribution < 1.29 is 23.8 Å². The highest BCUT2D eigenvalue weighted by Crippen LogP contribution is 2.17. The van der Waals surface area contributed by atoms with Gasteiger partial charge in [0.15, 0.2) is 0 Å². The number of esters is 2. The third kappa shape index (κ3) is 15.4. The molecule has 27 heavy (non-hydrogen) atoms. The van der Waals surface area contributed by atoms with Crippen LogP contribution in [0.15, 0.2) is 12.2 Å². The zero-order chi connectivity index (χ0) is 20.3. The Bertz CT molecular complexity index is 406. The molecule has 0 aliphatic heterocycles. The van der Waals surface area contributed by atoms with Crippen LogP contribution in [0.2, 0.25) is 0 Å². The minimum Gasteiger partial charge on any atom is -0.469 e. The summed E-state index contributed by atoms with van der Waals surface area (Å²) in [5, 5.41) is 0. The van der Waals surface area contributed by atoms with Gasteiger partial charge in [0.25, 0.3) is 0 Å². The van der Waals surface area contributed by atoms with Gasteiger partial charge in [-0.1, -0.05) is 57.6 Å². The van der Waals surface area contributed by atoms with Gasteiger partial charge in [0, 0.05) is 26.9 Å². The molecule has 0 aromatic carbocycles. The minimum absolute atomic E-state index is 0.0417. The van der Waals surface area contributed by atoms with Crippen molar-refractivity contribution in [3.63, 3.8) is 0 Å². The van der Waals surface area contributed by atoms with Gasteiger partial charge < -0.3 is 14.2 Å². The number of carbonyl (C=O) groups excluding carboxylic acids is 2. The number of rotatable bonds is 17. The third-order valence-electron chi connectivity index (χ3n) is 4.64. The molecule has 0 amide bonds. The van der Waals surface area contributed by atoms with Gasteiger partial charge in [-0.05, 0) is 25.7 Å². The van der Waals surface area contributed by atoms with Crippen molar-refractivity contribution in [3.05, 3.63) is 12.2 Å². The normalized spacial score (nSPS) is 13.5. The molecule has 0 heterocycles. The van der Waals surface area contributed by atoms with Crippen molar-refractivity contribution in [1.82, 2.24) is 0 Å². The number of hydrogen-bond acceptors (Lipinski definition) is 5. The minimum atomic E-state index is -0.252. The van der Waals surface area contributed by atoms with E-state index in [1.807, 2.05) is 0 Å². The second-order valence-corrected chi connectivity index (χ2v) is 7.01.